The number of likely N-dealkylation sites (tertiary alicyclic amines) is 1. The minimum atomic E-state index is 0.0958. The van der Waals surface area contributed by atoms with Crippen LogP contribution in [0, 0.1) is 5.41 Å². The zero-order valence-corrected chi connectivity index (χ0v) is 11.8. The maximum absolute atomic E-state index is 11.7. The molecule has 5 heteroatoms. The summed E-state index contributed by atoms with van der Waals surface area (Å²) < 4.78 is 0. The van der Waals surface area contributed by atoms with E-state index in [9.17, 15) is 4.79 Å². The number of nitrogens with two attached hydrogens (primary N) is 1. The van der Waals surface area contributed by atoms with Gasteiger partial charge in [-0.2, -0.15) is 0 Å². The Hall–Kier alpha value is -1.62. The summed E-state index contributed by atoms with van der Waals surface area (Å²) in [4.78, 5) is 20.1. The molecule has 0 aromatic carbocycles. The van der Waals surface area contributed by atoms with E-state index in [1.807, 2.05) is 17.3 Å². The van der Waals surface area contributed by atoms with E-state index in [0.717, 1.165) is 45.4 Å². The lowest BCUT2D eigenvalue weighted by Gasteiger charge is -2.40. The van der Waals surface area contributed by atoms with Crippen molar-refractivity contribution in [3.63, 3.8) is 0 Å². The van der Waals surface area contributed by atoms with Crippen molar-refractivity contribution < 1.29 is 4.79 Å². The number of anilines is 1. The second-order valence-corrected chi connectivity index (χ2v) is 5.96. The molecule has 2 aliphatic rings. The van der Waals surface area contributed by atoms with Crippen LogP contribution in [0.2, 0.25) is 0 Å². The molecule has 0 bridgehead atoms. The van der Waals surface area contributed by atoms with Crippen molar-refractivity contribution in [3.05, 3.63) is 24.5 Å². The Kier molecular flexibility index (Phi) is 3.61. The summed E-state index contributed by atoms with van der Waals surface area (Å²) in [6.45, 7) is 4.04. The Balaban J connectivity index is 1.60. The van der Waals surface area contributed by atoms with E-state index in [1.165, 1.54) is 5.69 Å². The lowest BCUT2D eigenvalue weighted by Crippen LogP contribution is -2.43. The lowest BCUT2D eigenvalue weighted by molar-refractivity contribution is -0.129. The molecule has 2 aliphatic heterocycles. The standard InChI is InChI=1S/C15H22N4O/c16-11-14(20)19-10-5-15(12-19)3-8-18(9-4-15)13-1-6-17-7-2-13/h1-2,6-7H,3-5,8-12,16H2. The van der Waals surface area contributed by atoms with Gasteiger partial charge in [-0.1, -0.05) is 0 Å². The van der Waals surface area contributed by atoms with E-state index in [2.05, 4.69) is 22.0 Å². The van der Waals surface area contributed by atoms with E-state index in [4.69, 9.17) is 5.73 Å². The van der Waals surface area contributed by atoms with Crippen molar-refractivity contribution in [2.45, 2.75) is 19.3 Å². The number of hydrogen-bond acceptors (Lipinski definition) is 4. The molecule has 1 aromatic heterocycles. The molecular weight excluding hydrogens is 252 g/mol. The highest BCUT2D eigenvalue weighted by Gasteiger charge is 2.41. The van der Waals surface area contributed by atoms with E-state index >= 15 is 0 Å². The summed E-state index contributed by atoms with van der Waals surface area (Å²) in [5, 5.41) is 0. The first-order valence-electron chi connectivity index (χ1n) is 7.35. The summed E-state index contributed by atoms with van der Waals surface area (Å²) in [7, 11) is 0. The van der Waals surface area contributed by atoms with Gasteiger partial charge in [0.15, 0.2) is 0 Å². The van der Waals surface area contributed by atoms with E-state index < -0.39 is 0 Å². The van der Waals surface area contributed by atoms with Crippen LogP contribution >= 0.6 is 0 Å². The molecule has 2 fully saturated rings. The Bertz CT molecular complexity index is 468. The van der Waals surface area contributed by atoms with Gasteiger partial charge in [-0.25, -0.2) is 0 Å². The van der Waals surface area contributed by atoms with Crippen molar-refractivity contribution in [3.8, 4) is 0 Å². The molecule has 1 spiro atoms. The van der Waals surface area contributed by atoms with Gasteiger partial charge < -0.3 is 15.5 Å². The fourth-order valence-electron chi connectivity index (χ4n) is 3.48. The van der Waals surface area contributed by atoms with Crippen LogP contribution in [0.5, 0.6) is 0 Å². The highest BCUT2D eigenvalue weighted by molar-refractivity contribution is 5.78. The number of carbonyl (C=O) groups is 1. The third-order valence-corrected chi connectivity index (χ3v) is 4.82. The van der Waals surface area contributed by atoms with Crippen LogP contribution < -0.4 is 10.6 Å². The fourth-order valence-corrected chi connectivity index (χ4v) is 3.48. The van der Waals surface area contributed by atoms with E-state index in [0.29, 0.717) is 5.41 Å². The predicted octanol–water partition coefficient (Wildman–Crippen LogP) is 0.859. The molecule has 1 aromatic rings. The first-order chi connectivity index (χ1) is 9.72. The monoisotopic (exact) mass is 274 g/mol. The van der Waals surface area contributed by atoms with Crippen LogP contribution in [0.3, 0.4) is 0 Å². The molecule has 0 radical (unpaired) electrons. The number of aromatic nitrogens is 1. The van der Waals surface area contributed by atoms with Gasteiger partial charge in [-0.3, -0.25) is 9.78 Å². The average Bonchev–Trinajstić information content (AvgIpc) is 2.92. The predicted molar refractivity (Wildman–Crippen MR) is 78.4 cm³/mol. The number of piperidine rings is 1. The van der Waals surface area contributed by atoms with Gasteiger partial charge in [0.25, 0.3) is 0 Å². The molecule has 1 amide bonds. The number of pyridine rings is 1. The molecule has 5 nitrogen and oxygen atoms in total. The molecular formula is C15H22N4O. The smallest absolute Gasteiger partial charge is 0.236 e. The minimum absolute atomic E-state index is 0.0958. The minimum Gasteiger partial charge on any atom is -0.371 e. The topological polar surface area (TPSA) is 62.5 Å². The van der Waals surface area contributed by atoms with Crippen molar-refractivity contribution in [1.29, 1.82) is 0 Å². The van der Waals surface area contributed by atoms with Crippen LogP contribution in [0.1, 0.15) is 19.3 Å². The molecule has 20 heavy (non-hydrogen) atoms. The Labute approximate surface area is 119 Å². The van der Waals surface area contributed by atoms with E-state index in [-0.39, 0.29) is 12.5 Å². The van der Waals surface area contributed by atoms with Crippen LogP contribution in [-0.4, -0.2) is 48.5 Å². The zero-order valence-electron chi connectivity index (χ0n) is 11.8. The SMILES string of the molecule is NCC(=O)N1CCC2(CCN(c3ccncc3)CC2)C1. The molecule has 2 saturated heterocycles. The summed E-state index contributed by atoms with van der Waals surface area (Å²) >= 11 is 0. The molecule has 0 unspecified atom stereocenters. The summed E-state index contributed by atoms with van der Waals surface area (Å²) in [6, 6.07) is 4.13. The summed E-state index contributed by atoms with van der Waals surface area (Å²) in [6.07, 6.45) is 7.13. The largest absolute Gasteiger partial charge is 0.371 e. The first kappa shape index (κ1) is 13.4. The molecule has 0 saturated carbocycles. The maximum Gasteiger partial charge on any atom is 0.236 e. The highest BCUT2D eigenvalue weighted by Crippen LogP contribution is 2.41. The third-order valence-electron chi connectivity index (χ3n) is 4.82. The molecule has 3 rings (SSSR count). The van der Waals surface area contributed by atoms with Gasteiger partial charge >= 0.3 is 0 Å². The van der Waals surface area contributed by atoms with Gasteiger partial charge in [0.1, 0.15) is 0 Å². The zero-order chi connectivity index (χ0) is 14.0. The normalized spacial score (nSPS) is 21.4. The number of rotatable bonds is 2. The third kappa shape index (κ3) is 2.50. The van der Waals surface area contributed by atoms with Gasteiger partial charge in [0.05, 0.1) is 6.54 Å². The average molecular weight is 274 g/mol. The Morgan fingerprint density at radius 3 is 2.50 bits per heavy atom. The summed E-state index contributed by atoms with van der Waals surface area (Å²) in [5.41, 5.74) is 7.04. The van der Waals surface area contributed by atoms with Crippen LogP contribution in [0.15, 0.2) is 24.5 Å². The van der Waals surface area contributed by atoms with Crippen LogP contribution in [-0.2, 0) is 4.79 Å². The van der Waals surface area contributed by atoms with Crippen molar-refractivity contribution in [1.82, 2.24) is 9.88 Å². The summed E-state index contributed by atoms with van der Waals surface area (Å²) in [5.74, 6) is 0.0958. The number of nitrogens with zero attached hydrogens (tertiary/aromatic N) is 3. The second-order valence-electron chi connectivity index (χ2n) is 5.96. The van der Waals surface area contributed by atoms with Crippen LogP contribution in [0.25, 0.3) is 0 Å². The number of hydrogen-bond donors (Lipinski definition) is 1. The lowest BCUT2D eigenvalue weighted by atomic mass is 9.77. The molecule has 108 valence electrons. The maximum atomic E-state index is 11.7. The first-order valence-corrected chi connectivity index (χ1v) is 7.35. The highest BCUT2D eigenvalue weighted by atomic mass is 16.2. The Morgan fingerprint density at radius 1 is 1.20 bits per heavy atom. The number of carbonyl (C=O) groups excluding carboxylic acids is 1. The fraction of sp³-hybridized carbons (Fsp3) is 0.600. The molecule has 2 N–H and O–H groups in total. The van der Waals surface area contributed by atoms with Crippen molar-refractivity contribution >= 4 is 11.6 Å². The van der Waals surface area contributed by atoms with Gasteiger partial charge in [0.2, 0.25) is 5.91 Å². The van der Waals surface area contributed by atoms with Gasteiger partial charge in [0, 0.05) is 44.3 Å². The van der Waals surface area contributed by atoms with Crippen molar-refractivity contribution in [2.24, 2.45) is 11.1 Å². The van der Waals surface area contributed by atoms with Gasteiger partial charge in [-0.05, 0) is 36.8 Å². The van der Waals surface area contributed by atoms with Crippen LogP contribution in [0.4, 0.5) is 5.69 Å². The second kappa shape index (κ2) is 5.40. The molecule has 0 atom stereocenters. The molecule has 3 heterocycles. The molecule has 0 aliphatic carbocycles. The quantitative estimate of drug-likeness (QED) is 0.869. The number of amides is 1. The van der Waals surface area contributed by atoms with Crippen molar-refractivity contribution in [2.75, 3.05) is 37.6 Å². The van der Waals surface area contributed by atoms with Gasteiger partial charge in [-0.15, -0.1) is 0 Å². The van der Waals surface area contributed by atoms with E-state index in [1.54, 1.807) is 0 Å². The Morgan fingerprint density at radius 2 is 1.85 bits per heavy atom.